The summed E-state index contributed by atoms with van der Waals surface area (Å²) >= 11 is 0. The largest absolute Gasteiger partial charge is 0.337 e. The molecule has 0 aromatic carbocycles. The van der Waals surface area contributed by atoms with E-state index in [9.17, 15) is 13.6 Å². The zero-order valence-corrected chi connectivity index (χ0v) is 7.59. The molecule has 74 valence electrons. The molecule has 2 aliphatic rings. The van der Waals surface area contributed by atoms with Gasteiger partial charge in [-0.05, 0) is 12.8 Å². The van der Waals surface area contributed by atoms with E-state index in [1.165, 1.54) is 6.92 Å². The van der Waals surface area contributed by atoms with Gasteiger partial charge < -0.3 is 4.90 Å². The molecular weight excluding hydrogens is 176 g/mol. The Morgan fingerprint density at radius 3 is 2.15 bits per heavy atom. The number of hydrogen-bond donors (Lipinski definition) is 0. The number of carbonyl (C=O) groups excluding carboxylic acids is 1. The number of alkyl halides is 2. The highest BCUT2D eigenvalue weighted by Gasteiger charge is 2.50. The van der Waals surface area contributed by atoms with Crippen molar-refractivity contribution in [3.05, 3.63) is 0 Å². The minimum absolute atomic E-state index is 0.0528. The van der Waals surface area contributed by atoms with E-state index in [-0.39, 0.29) is 30.8 Å². The summed E-state index contributed by atoms with van der Waals surface area (Å²) in [6.07, 6.45) is 1.23. The molecule has 0 radical (unpaired) electrons. The molecule has 0 aromatic rings. The fourth-order valence-corrected chi connectivity index (χ4v) is 2.65. The summed E-state index contributed by atoms with van der Waals surface area (Å²) in [5, 5.41) is 0. The summed E-state index contributed by atoms with van der Waals surface area (Å²) in [4.78, 5) is 12.8. The van der Waals surface area contributed by atoms with Gasteiger partial charge >= 0.3 is 0 Å². The molecule has 0 spiro atoms. The molecule has 2 unspecified atom stereocenters. The van der Waals surface area contributed by atoms with E-state index in [4.69, 9.17) is 0 Å². The second-order valence-electron chi connectivity index (χ2n) is 4.08. The first-order valence-electron chi connectivity index (χ1n) is 4.66. The van der Waals surface area contributed by atoms with Crippen molar-refractivity contribution in [2.45, 2.75) is 50.6 Å². The average Bonchev–Trinajstić information content (AvgIpc) is 2.23. The van der Waals surface area contributed by atoms with Crippen molar-refractivity contribution in [1.29, 1.82) is 0 Å². The third-order valence-corrected chi connectivity index (χ3v) is 3.05. The van der Waals surface area contributed by atoms with Crippen LogP contribution in [0.3, 0.4) is 0 Å². The number of rotatable bonds is 0. The molecule has 0 aliphatic carbocycles. The van der Waals surface area contributed by atoms with Gasteiger partial charge in [0.2, 0.25) is 5.91 Å². The van der Waals surface area contributed by atoms with Gasteiger partial charge in [0.25, 0.3) is 5.92 Å². The van der Waals surface area contributed by atoms with Crippen LogP contribution in [-0.2, 0) is 4.79 Å². The molecule has 4 heteroatoms. The lowest BCUT2D eigenvalue weighted by atomic mass is 9.99. The Balaban J connectivity index is 2.18. The zero-order chi connectivity index (χ0) is 9.64. The first kappa shape index (κ1) is 8.91. The van der Waals surface area contributed by atoms with E-state index in [0.717, 1.165) is 12.8 Å². The van der Waals surface area contributed by atoms with Crippen LogP contribution in [0.25, 0.3) is 0 Å². The number of fused-ring (bicyclic) bond motifs is 2. The monoisotopic (exact) mass is 189 g/mol. The molecule has 0 aromatic heterocycles. The molecule has 13 heavy (non-hydrogen) atoms. The summed E-state index contributed by atoms with van der Waals surface area (Å²) in [7, 11) is 0. The van der Waals surface area contributed by atoms with Crippen molar-refractivity contribution >= 4 is 5.91 Å². The van der Waals surface area contributed by atoms with Gasteiger partial charge in [-0.1, -0.05) is 0 Å². The number of piperidine rings is 1. The highest BCUT2D eigenvalue weighted by atomic mass is 19.3. The molecule has 2 fully saturated rings. The van der Waals surface area contributed by atoms with E-state index in [2.05, 4.69) is 0 Å². The molecular formula is C9H13F2NO. The van der Waals surface area contributed by atoms with Gasteiger partial charge in [-0.2, -0.15) is 0 Å². The number of halogens is 2. The predicted molar refractivity (Wildman–Crippen MR) is 43.5 cm³/mol. The van der Waals surface area contributed by atoms with Crippen LogP contribution >= 0.6 is 0 Å². The summed E-state index contributed by atoms with van der Waals surface area (Å²) in [5.41, 5.74) is 0. The maximum absolute atomic E-state index is 13.0. The first-order valence-corrected chi connectivity index (χ1v) is 4.66. The Kier molecular flexibility index (Phi) is 1.82. The van der Waals surface area contributed by atoms with Crippen LogP contribution in [0.15, 0.2) is 0 Å². The normalized spacial score (nSPS) is 36.4. The van der Waals surface area contributed by atoms with Gasteiger partial charge in [0.05, 0.1) is 0 Å². The van der Waals surface area contributed by atoms with Crippen molar-refractivity contribution in [2.24, 2.45) is 0 Å². The summed E-state index contributed by atoms with van der Waals surface area (Å²) < 4.78 is 26.1. The average molecular weight is 189 g/mol. The molecule has 1 amide bonds. The molecule has 2 heterocycles. The van der Waals surface area contributed by atoms with E-state index in [0.29, 0.717) is 0 Å². The number of amides is 1. The van der Waals surface area contributed by atoms with Crippen LogP contribution in [0.1, 0.15) is 32.6 Å². The Hall–Kier alpha value is -0.670. The van der Waals surface area contributed by atoms with Crippen LogP contribution < -0.4 is 0 Å². The van der Waals surface area contributed by atoms with E-state index in [1.54, 1.807) is 4.90 Å². The number of nitrogens with zero attached hydrogens (tertiary/aromatic N) is 1. The highest BCUT2D eigenvalue weighted by molar-refractivity contribution is 5.74. The summed E-state index contributed by atoms with van der Waals surface area (Å²) in [6.45, 7) is 1.47. The highest BCUT2D eigenvalue weighted by Crippen LogP contribution is 2.43. The zero-order valence-electron chi connectivity index (χ0n) is 7.59. The third-order valence-electron chi connectivity index (χ3n) is 3.05. The van der Waals surface area contributed by atoms with Crippen LogP contribution in [0, 0.1) is 0 Å². The Bertz CT molecular complexity index is 226. The molecule has 2 rings (SSSR count). The van der Waals surface area contributed by atoms with Gasteiger partial charge in [0.1, 0.15) is 0 Å². The van der Waals surface area contributed by atoms with Gasteiger partial charge in [0, 0.05) is 31.8 Å². The standard InChI is InChI=1S/C9H13F2NO/c1-6(13)12-7-2-3-8(12)5-9(10,11)4-7/h7-8H,2-5H2,1H3. The Labute approximate surface area is 75.9 Å². The van der Waals surface area contributed by atoms with E-state index >= 15 is 0 Å². The van der Waals surface area contributed by atoms with E-state index in [1.807, 2.05) is 0 Å². The second-order valence-corrected chi connectivity index (χ2v) is 4.08. The van der Waals surface area contributed by atoms with Gasteiger partial charge in [-0.15, -0.1) is 0 Å². The van der Waals surface area contributed by atoms with Gasteiger partial charge in [0.15, 0.2) is 0 Å². The van der Waals surface area contributed by atoms with Crippen LogP contribution in [-0.4, -0.2) is 28.8 Å². The number of carbonyl (C=O) groups is 1. The smallest absolute Gasteiger partial charge is 0.252 e. The minimum Gasteiger partial charge on any atom is -0.337 e. The lowest BCUT2D eigenvalue weighted by Crippen LogP contribution is -2.49. The summed E-state index contributed by atoms with van der Waals surface area (Å²) in [5.74, 6) is -2.60. The maximum Gasteiger partial charge on any atom is 0.252 e. The van der Waals surface area contributed by atoms with Crippen LogP contribution in [0.2, 0.25) is 0 Å². The topological polar surface area (TPSA) is 20.3 Å². The predicted octanol–water partition coefficient (Wildman–Crippen LogP) is 1.79. The second kappa shape index (κ2) is 2.66. The van der Waals surface area contributed by atoms with Crippen LogP contribution in [0.4, 0.5) is 8.78 Å². The third kappa shape index (κ3) is 1.42. The Morgan fingerprint density at radius 1 is 1.31 bits per heavy atom. The molecule has 0 N–H and O–H groups in total. The van der Waals surface area contributed by atoms with Crippen molar-refractivity contribution < 1.29 is 13.6 Å². The molecule has 2 aliphatic heterocycles. The molecule has 2 nitrogen and oxygen atoms in total. The molecule has 2 bridgehead atoms. The fraction of sp³-hybridized carbons (Fsp3) is 0.889. The SMILES string of the molecule is CC(=O)N1C2CCC1CC(F)(F)C2. The van der Waals surface area contributed by atoms with Gasteiger partial charge in [-0.3, -0.25) is 4.79 Å². The lowest BCUT2D eigenvalue weighted by molar-refractivity contribution is -0.142. The lowest BCUT2D eigenvalue weighted by Gasteiger charge is -2.38. The van der Waals surface area contributed by atoms with Crippen molar-refractivity contribution in [3.8, 4) is 0 Å². The van der Waals surface area contributed by atoms with Crippen molar-refractivity contribution in [2.75, 3.05) is 0 Å². The van der Waals surface area contributed by atoms with Gasteiger partial charge in [-0.25, -0.2) is 8.78 Å². The Morgan fingerprint density at radius 2 is 1.77 bits per heavy atom. The molecule has 2 saturated heterocycles. The van der Waals surface area contributed by atoms with E-state index < -0.39 is 5.92 Å². The first-order chi connectivity index (χ1) is 5.99. The summed E-state index contributed by atoms with van der Waals surface area (Å²) in [6, 6.07) is -0.405. The fourth-order valence-electron chi connectivity index (χ4n) is 2.65. The molecule has 0 saturated carbocycles. The quantitative estimate of drug-likeness (QED) is 0.569. The maximum atomic E-state index is 13.0. The molecule has 2 atom stereocenters. The van der Waals surface area contributed by atoms with Crippen LogP contribution in [0.5, 0.6) is 0 Å². The van der Waals surface area contributed by atoms with Crippen molar-refractivity contribution in [1.82, 2.24) is 4.90 Å². The minimum atomic E-state index is -2.54. The number of hydrogen-bond acceptors (Lipinski definition) is 1. The van der Waals surface area contributed by atoms with Crippen molar-refractivity contribution in [3.63, 3.8) is 0 Å².